The molecule has 7 nitrogen and oxygen atoms in total. The van der Waals surface area contributed by atoms with E-state index in [1.165, 1.54) is 0 Å². The number of aryl methyl sites for hydroxylation is 3. The zero-order valence-electron chi connectivity index (χ0n) is 15.3. The highest BCUT2D eigenvalue weighted by molar-refractivity contribution is 7.13. The lowest BCUT2D eigenvalue weighted by Crippen LogP contribution is -2.35. The number of fused-ring (bicyclic) bond motifs is 1. The molecule has 1 fully saturated rings. The first-order valence-corrected chi connectivity index (χ1v) is 9.67. The van der Waals surface area contributed by atoms with E-state index in [1.54, 1.807) is 16.0 Å². The highest BCUT2D eigenvalue weighted by Gasteiger charge is 2.25. The predicted molar refractivity (Wildman–Crippen MR) is 103 cm³/mol. The molecule has 1 aliphatic rings. The first-order chi connectivity index (χ1) is 12.5. The molecule has 0 aromatic carbocycles. The van der Waals surface area contributed by atoms with Crippen molar-refractivity contribution in [1.82, 2.24) is 24.6 Å². The van der Waals surface area contributed by atoms with Crippen molar-refractivity contribution >= 4 is 33.4 Å². The fraction of sp³-hybridized carbons (Fsp3) is 0.444. The zero-order valence-corrected chi connectivity index (χ0v) is 16.1. The Hall–Kier alpha value is -2.48. The van der Waals surface area contributed by atoms with Crippen LogP contribution < -0.4 is 4.90 Å². The summed E-state index contributed by atoms with van der Waals surface area (Å²) in [5.74, 6) is 0.0672. The molecule has 3 aromatic rings. The van der Waals surface area contributed by atoms with Crippen LogP contribution in [0.25, 0.3) is 11.0 Å². The summed E-state index contributed by atoms with van der Waals surface area (Å²) in [4.78, 5) is 26.5. The van der Waals surface area contributed by atoms with Gasteiger partial charge in [0, 0.05) is 50.5 Å². The number of nitrogens with zero attached hydrogens (tertiary/aromatic N) is 6. The average molecular weight is 370 g/mol. The number of hydrogen-bond acceptors (Lipinski definition) is 6. The van der Waals surface area contributed by atoms with Crippen LogP contribution in [0, 0.1) is 13.8 Å². The van der Waals surface area contributed by atoms with Gasteiger partial charge in [-0.25, -0.2) is 9.97 Å². The van der Waals surface area contributed by atoms with Crippen molar-refractivity contribution in [2.75, 3.05) is 31.1 Å². The van der Waals surface area contributed by atoms with Gasteiger partial charge < -0.3 is 9.80 Å². The maximum atomic E-state index is 13.3. The minimum absolute atomic E-state index is 0.0672. The SMILES string of the molecule is Cc1cc(C(=O)N2CCCN(c3nccs3)CC2)c2c(C)nn(C)c2n1. The lowest BCUT2D eigenvalue weighted by molar-refractivity contribution is 0.0768. The van der Waals surface area contributed by atoms with Crippen molar-refractivity contribution in [2.45, 2.75) is 20.3 Å². The molecule has 4 rings (SSSR count). The first-order valence-electron chi connectivity index (χ1n) is 8.79. The topological polar surface area (TPSA) is 67.2 Å². The lowest BCUT2D eigenvalue weighted by Gasteiger charge is -2.22. The van der Waals surface area contributed by atoms with Crippen molar-refractivity contribution in [1.29, 1.82) is 0 Å². The Bertz CT molecular complexity index is 948. The number of thiazole rings is 1. The number of rotatable bonds is 2. The molecule has 0 aliphatic carbocycles. The van der Waals surface area contributed by atoms with Crippen LogP contribution in [0.4, 0.5) is 5.13 Å². The van der Waals surface area contributed by atoms with Gasteiger partial charge >= 0.3 is 0 Å². The van der Waals surface area contributed by atoms with Gasteiger partial charge in [-0.2, -0.15) is 5.10 Å². The van der Waals surface area contributed by atoms with Gasteiger partial charge in [-0.3, -0.25) is 9.48 Å². The van der Waals surface area contributed by atoms with Crippen molar-refractivity contribution in [3.05, 3.63) is 34.6 Å². The van der Waals surface area contributed by atoms with E-state index in [2.05, 4.69) is 20.0 Å². The minimum Gasteiger partial charge on any atom is -0.346 e. The van der Waals surface area contributed by atoms with E-state index < -0.39 is 0 Å². The number of pyridine rings is 1. The number of aromatic nitrogens is 4. The largest absolute Gasteiger partial charge is 0.346 e. The lowest BCUT2D eigenvalue weighted by atomic mass is 10.1. The fourth-order valence-electron chi connectivity index (χ4n) is 3.59. The summed E-state index contributed by atoms with van der Waals surface area (Å²) in [5.41, 5.74) is 3.16. The van der Waals surface area contributed by atoms with Gasteiger partial charge in [-0.15, -0.1) is 11.3 Å². The van der Waals surface area contributed by atoms with Crippen LogP contribution in [-0.2, 0) is 7.05 Å². The molecule has 0 radical (unpaired) electrons. The van der Waals surface area contributed by atoms with Crippen LogP contribution >= 0.6 is 11.3 Å². The minimum atomic E-state index is 0.0672. The third kappa shape index (κ3) is 2.94. The summed E-state index contributed by atoms with van der Waals surface area (Å²) in [6.07, 6.45) is 2.76. The van der Waals surface area contributed by atoms with Crippen molar-refractivity contribution in [3.63, 3.8) is 0 Å². The second-order valence-corrected chi connectivity index (χ2v) is 7.54. The Balaban J connectivity index is 1.63. The number of anilines is 1. The first kappa shape index (κ1) is 17.0. The molecule has 1 aliphatic heterocycles. The molecule has 0 N–H and O–H groups in total. The summed E-state index contributed by atoms with van der Waals surface area (Å²) < 4.78 is 1.75. The van der Waals surface area contributed by atoms with E-state index in [4.69, 9.17) is 0 Å². The second-order valence-electron chi connectivity index (χ2n) is 6.67. The van der Waals surface area contributed by atoms with Crippen molar-refractivity contribution in [2.24, 2.45) is 7.05 Å². The van der Waals surface area contributed by atoms with Crippen LogP contribution in [0.2, 0.25) is 0 Å². The Morgan fingerprint density at radius 2 is 2.04 bits per heavy atom. The van der Waals surface area contributed by atoms with Crippen molar-refractivity contribution < 1.29 is 4.79 Å². The van der Waals surface area contributed by atoms with Crippen LogP contribution in [0.3, 0.4) is 0 Å². The van der Waals surface area contributed by atoms with E-state index in [1.807, 2.05) is 43.4 Å². The van der Waals surface area contributed by atoms with Gasteiger partial charge in [0.05, 0.1) is 16.6 Å². The number of amides is 1. The Morgan fingerprint density at radius 3 is 2.81 bits per heavy atom. The summed E-state index contributed by atoms with van der Waals surface area (Å²) in [7, 11) is 1.87. The van der Waals surface area contributed by atoms with Gasteiger partial charge in [0.2, 0.25) is 0 Å². The Morgan fingerprint density at radius 1 is 1.19 bits per heavy atom. The molecular formula is C18H22N6OS. The smallest absolute Gasteiger partial charge is 0.254 e. The monoisotopic (exact) mass is 370 g/mol. The van der Waals surface area contributed by atoms with E-state index in [-0.39, 0.29) is 5.91 Å². The highest BCUT2D eigenvalue weighted by Crippen LogP contribution is 2.24. The molecule has 1 saturated heterocycles. The maximum absolute atomic E-state index is 13.3. The summed E-state index contributed by atoms with van der Waals surface area (Å²) in [6, 6.07) is 1.89. The predicted octanol–water partition coefficient (Wildman–Crippen LogP) is 2.39. The van der Waals surface area contributed by atoms with Crippen LogP contribution in [0.1, 0.15) is 28.2 Å². The highest BCUT2D eigenvalue weighted by atomic mass is 32.1. The molecule has 4 heterocycles. The van der Waals surface area contributed by atoms with Gasteiger partial charge in [0.25, 0.3) is 5.91 Å². The van der Waals surface area contributed by atoms with Crippen LogP contribution in [-0.4, -0.2) is 56.7 Å². The molecular weight excluding hydrogens is 348 g/mol. The molecule has 26 heavy (non-hydrogen) atoms. The molecule has 0 unspecified atom stereocenters. The van der Waals surface area contributed by atoms with Crippen LogP contribution in [0.5, 0.6) is 0 Å². The quantitative estimate of drug-likeness (QED) is 0.693. The molecule has 0 atom stereocenters. The normalized spacial score (nSPS) is 15.5. The van der Waals surface area contributed by atoms with E-state index in [9.17, 15) is 4.79 Å². The molecule has 0 spiro atoms. The third-order valence-electron chi connectivity index (χ3n) is 4.80. The summed E-state index contributed by atoms with van der Waals surface area (Å²) in [5, 5.41) is 8.34. The number of carbonyl (C=O) groups is 1. The van der Waals surface area contributed by atoms with E-state index in [0.29, 0.717) is 12.1 Å². The van der Waals surface area contributed by atoms with Crippen molar-refractivity contribution in [3.8, 4) is 0 Å². The van der Waals surface area contributed by atoms with Gasteiger partial charge in [0.15, 0.2) is 10.8 Å². The van der Waals surface area contributed by atoms with Crippen LogP contribution in [0.15, 0.2) is 17.6 Å². The maximum Gasteiger partial charge on any atom is 0.254 e. The van der Waals surface area contributed by atoms with Gasteiger partial charge in [0.1, 0.15) is 0 Å². The van der Waals surface area contributed by atoms with E-state index >= 15 is 0 Å². The number of carbonyl (C=O) groups excluding carboxylic acids is 1. The molecule has 8 heteroatoms. The standard InChI is InChI=1S/C18H22N6OS/c1-12-11-14(15-13(2)21-22(3)16(15)20-12)17(25)23-6-4-7-24(9-8-23)18-19-5-10-26-18/h5,10-11H,4,6-9H2,1-3H3. The zero-order chi connectivity index (χ0) is 18.3. The fourth-order valence-corrected chi connectivity index (χ4v) is 4.29. The molecule has 136 valence electrons. The summed E-state index contributed by atoms with van der Waals surface area (Å²) in [6.45, 7) is 7.03. The summed E-state index contributed by atoms with van der Waals surface area (Å²) >= 11 is 1.65. The second kappa shape index (κ2) is 6.68. The average Bonchev–Trinajstić information content (AvgIpc) is 3.16. The number of hydrogen-bond donors (Lipinski definition) is 0. The molecule has 3 aromatic heterocycles. The Kier molecular flexibility index (Phi) is 4.36. The Labute approximate surface area is 156 Å². The van der Waals surface area contributed by atoms with Gasteiger partial charge in [-0.05, 0) is 26.3 Å². The molecule has 0 saturated carbocycles. The molecule has 0 bridgehead atoms. The van der Waals surface area contributed by atoms with E-state index in [0.717, 1.165) is 53.6 Å². The third-order valence-corrected chi connectivity index (χ3v) is 5.63. The van der Waals surface area contributed by atoms with Gasteiger partial charge in [-0.1, -0.05) is 0 Å². The molecule has 1 amide bonds.